The van der Waals surface area contributed by atoms with Crippen LogP contribution in [0.2, 0.25) is 0 Å². The normalized spacial score (nSPS) is 40.0. The molecular formula is C18H26O3. The van der Waals surface area contributed by atoms with Crippen molar-refractivity contribution in [3.05, 3.63) is 24.3 Å². The summed E-state index contributed by atoms with van der Waals surface area (Å²) in [5.74, 6) is -0.395. The molecule has 0 unspecified atom stereocenters. The first kappa shape index (κ1) is 16.0. The fraction of sp³-hybridized carbons (Fsp3) is 0.667. The summed E-state index contributed by atoms with van der Waals surface area (Å²) in [6.45, 7) is 9.83. The molecule has 2 fully saturated rings. The highest BCUT2D eigenvalue weighted by Crippen LogP contribution is 2.61. The van der Waals surface area contributed by atoms with Gasteiger partial charge in [0.25, 0.3) is 0 Å². The fourth-order valence-electron chi connectivity index (χ4n) is 4.73. The lowest BCUT2D eigenvalue weighted by Gasteiger charge is -2.56. The second-order valence-corrected chi connectivity index (χ2v) is 7.28. The van der Waals surface area contributed by atoms with Crippen LogP contribution in [-0.2, 0) is 9.59 Å². The Balaban J connectivity index is 2.42. The summed E-state index contributed by atoms with van der Waals surface area (Å²) in [7, 11) is 0. The van der Waals surface area contributed by atoms with Gasteiger partial charge in [-0.2, -0.15) is 0 Å². The van der Waals surface area contributed by atoms with E-state index in [0.29, 0.717) is 0 Å². The van der Waals surface area contributed by atoms with Crippen LogP contribution in [0.25, 0.3) is 0 Å². The Bertz CT molecular complexity index is 505. The van der Waals surface area contributed by atoms with E-state index in [1.165, 1.54) is 0 Å². The van der Waals surface area contributed by atoms with Crippen molar-refractivity contribution in [3.8, 4) is 0 Å². The number of aliphatic carboxylic acids is 1. The summed E-state index contributed by atoms with van der Waals surface area (Å²) in [6, 6.07) is 0. The Hall–Kier alpha value is -1.38. The van der Waals surface area contributed by atoms with E-state index < -0.39 is 11.4 Å². The third-order valence-electron chi connectivity index (χ3n) is 5.89. The third kappa shape index (κ3) is 2.58. The van der Waals surface area contributed by atoms with Gasteiger partial charge in [0.2, 0.25) is 0 Å². The summed E-state index contributed by atoms with van der Waals surface area (Å²) < 4.78 is 0. The van der Waals surface area contributed by atoms with Crippen LogP contribution < -0.4 is 0 Å². The molecule has 0 heterocycles. The number of carbonyl (C=O) groups is 2. The lowest BCUT2D eigenvalue weighted by atomic mass is 9.47. The molecular weight excluding hydrogens is 264 g/mol. The zero-order chi connectivity index (χ0) is 15.8. The predicted octanol–water partition coefficient (Wildman–Crippen LogP) is 4.00. The van der Waals surface area contributed by atoms with Gasteiger partial charge in [-0.3, -0.25) is 9.59 Å². The Labute approximate surface area is 127 Å². The van der Waals surface area contributed by atoms with Crippen LogP contribution in [0.1, 0.15) is 52.9 Å². The van der Waals surface area contributed by atoms with Gasteiger partial charge in [-0.15, -0.1) is 0 Å². The highest BCUT2D eigenvalue weighted by atomic mass is 16.4. The van der Waals surface area contributed by atoms with Crippen LogP contribution in [-0.4, -0.2) is 16.9 Å². The van der Waals surface area contributed by atoms with Gasteiger partial charge in [0, 0.05) is 5.92 Å². The summed E-state index contributed by atoms with van der Waals surface area (Å²) in [5, 5.41) is 9.73. The molecule has 0 amide bonds. The molecule has 2 aliphatic carbocycles. The molecule has 2 aliphatic rings. The van der Waals surface area contributed by atoms with Crippen molar-refractivity contribution in [2.75, 3.05) is 0 Å². The molecule has 0 aromatic rings. The molecule has 0 spiro atoms. The van der Waals surface area contributed by atoms with Gasteiger partial charge < -0.3 is 5.11 Å². The Morgan fingerprint density at radius 2 is 2.00 bits per heavy atom. The van der Waals surface area contributed by atoms with Crippen LogP contribution >= 0.6 is 0 Å². The van der Waals surface area contributed by atoms with Crippen molar-refractivity contribution in [1.82, 2.24) is 0 Å². The van der Waals surface area contributed by atoms with Crippen molar-refractivity contribution in [3.63, 3.8) is 0 Å². The summed E-state index contributed by atoms with van der Waals surface area (Å²) >= 11 is 0. The highest BCUT2D eigenvalue weighted by molar-refractivity contribution is 5.87. The first-order valence-corrected chi connectivity index (χ1v) is 7.81. The van der Waals surface area contributed by atoms with E-state index in [0.717, 1.165) is 37.7 Å². The smallest absolute Gasteiger partial charge is 0.309 e. The number of ketones is 1. The molecule has 0 aliphatic heterocycles. The molecule has 3 heteroatoms. The number of rotatable bonds is 3. The van der Waals surface area contributed by atoms with E-state index in [9.17, 15) is 14.7 Å². The van der Waals surface area contributed by atoms with E-state index in [2.05, 4.69) is 13.5 Å². The molecule has 0 radical (unpaired) electrons. The van der Waals surface area contributed by atoms with Crippen LogP contribution in [0.15, 0.2) is 24.3 Å². The van der Waals surface area contributed by atoms with E-state index >= 15 is 0 Å². The number of allylic oxidation sites excluding steroid dienone is 3. The van der Waals surface area contributed by atoms with Gasteiger partial charge in [0.05, 0.1) is 5.41 Å². The van der Waals surface area contributed by atoms with E-state index in [4.69, 9.17) is 0 Å². The van der Waals surface area contributed by atoms with Crippen molar-refractivity contribution < 1.29 is 14.7 Å². The Kier molecular flexibility index (Phi) is 4.14. The lowest BCUT2D eigenvalue weighted by molar-refractivity contribution is -0.163. The third-order valence-corrected chi connectivity index (χ3v) is 5.89. The lowest BCUT2D eigenvalue weighted by Crippen LogP contribution is -2.53. The van der Waals surface area contributed by atoms with Gasteiger partial charge >= 0.3 is 5.97 Å². The minimum Gasteiger partial charge on any atom is -0.481 e. The molecule has 2 rings (SSSR count). The SMILES string of the molecule is C=C1CC[C@@H]2[C@](C)(CCC[C@@]2(C)C(=O)O)[C@H]1/C=C/C(C)=O. The van der Waals surface area contributed by atoms with Crippen molar-refractivity contribution >= 4 is 11.8 Å². The maximum Gasteiger partial charge on any atom is 0.309 e. The molecule has 21 heavy (non-hydrogen) atoms. The monoisotopic (exact) mass is 290 g/mol. The zero-order valence-corrected chi connectivity index (χ0v) is 13.3. The average molecular weight is 290 g/mol. The number of fused-ring (bicyclic) bond motifs is 1. The van der Waals surface area contributed by atoms with E-state index in [1.54, 1.807) is 13.0 Å². The first-order chi connectivity index (χ1) is 9.71. The van der Waals surface area contributed by atoms with E-state index in [-0.39, 0.29) is 23.0 Å². The topological polar surface area (TPSA) is 54.4 Å². The van der Waals surface area contributed by atoms with Crippen molar-refractivity contribution in [2.45, 2.75) is 52.9 Å². The number of carboxylic acid groups (broad SMARTS) is 1. The minimum absolute atomic E-state index is 0.0327. The molecule has 0 aromatic heterocycles. The van der Waals surface area contributed by atoms with Gasteiger partial charge in [-0.05, 0) is 56.9 Å². The Morgan fingerprint density at radius 1 is 1.33 bits per heavy atom. The first-order valence-electron chi connectivity index (χ1n) is 7.81. The molecule has 4 atom stereocenters. The summed E-state index contributed by atoms with van der Waals surface area (Å²) in [5.41, 5.74) is 0.378. The quantitative estimate of drug-likeness (QED) is 0.631. The second kappa shape index (κ2) is 5.43. The standard InChI is InChI=1S/C18H26O3/c1-12-6-9-15-17(3,14(12)8-7-13(2)19)10-5-11-18(15,4)16(20)21/h7-8,14-15H,1,5-6,9-11H2,2-4H3,(H,20,21)/b8-7+/t14-,15+,17+,18+/m0/s1. The Morgan fingerprint density at radius 3 is 2.57 bits per heavy atom. The van der Waals surface area contributed by atoms with Gasteiger partial charge in [0.1, 0.15) is 0 Å². The largest absolute Gasteiger partial charge is 0.481 e. The molecule has 116 valence electrons. The zero-order valence-electron chi connectivity index (χ0n) is 13.3. The van der Waals surface area contributed by atoms with Gasteiger partial charge in [-0.1, -0.05) is 31.6 Å². The van der Waals surface area contributed by atoms with Crippen LogP contribution in [0, 0.1) is 22.7 Å². The summed E-state index contributed by atoms with van der Waals surface area (Å²) in [6.07, 6.45) is 8.01. The maximum atomic E-state index is 11.8. The van der Waals surface area contributed by atoms with Crippen LogP contribution in [0.5, 0.6) is 0 Å². The molecule has 0 bridgehead atoms. The number of carboxylic acids is 1. The second-order valence-electron chi connectivity index (χ2n) is 7.28. The van der Waals surface area contributed by atoms with Gasteiger partial charge in [-0.25, -0.2) is 0 Å². The van der Waals surface area contributed by atoms with Crippen molar-refractivity contribution in [1.29, 1.82) is 0 Å². The molecule has 1 N–H and O–H groups in total. The van der Waals surface area contributed by atoms with Crippen LogP contribution in [0.3, 0.4) is 0 Å². The number of carbonyl (C=O) groups excluding carboxylic acids is 1. The highest BCUT2D eigenvalue weighted by Gasteiger charge is 2.56. The fourth-order valence-corrected chi connectivity index (χ4v) is 4.73. The molecule has 0 aromatic carbocycles. The summed E-state index contributed by atoms with van der Waals surface area (Å²) in [4.78, 5) is 23.1. The van der Waals surface area contributed by atoms with Crippen molar-refractivity contribution in [2.24, 2.45) is 22.7 Å². The van der Waals surface area contributed by atoms with E-state index in [1.807, 2.05) is 13.0 Å². The number of hydrogen-bond acceptors (Lipinski definition) is 2. The average Bonchev–Trinajstić information content (AvgIpc) is 2.36. The minimum atomic E-state index is -0.680. The molecule has 2 saturated carbocycles. The molecule has 0 saturated heterocycles. The maximum absolute atomic E-state index is 11.8. The van der Waals surface area contributed by atoms with Gasteiger partial charge in [0.15, 0.2) is 5.78 Å². The number of hydrogen-bond donors (Lipinski definition) is 1. The van der Waals surface area contributed by atoms with Crippen LogP contribution in [0.4, 0.5) is 0 Å². The molecule has 3 nitrogen and oxygen atoms in total. The predicted molar refractivity (Wildman–Crippen MR) is 82.9 cm³/mol.